The largest absolute Gasteiger partial charge is 0.346 e. The van der Waals surface area contributed by atoms with Crippen molar-refractivity contribution in [3.8, 4) is 0 Å². The molecule has 0 radical (unpaired) electrons. The minimum atomic E-state index is -0.161. The standard InChI is InChI=1S/C11H19NO2.C10H17NO2/c1-4-8(2)11(14)9-6-5-7-10(13)12(9)3;1-7(2)10(13)8-4-5-11(3)9(12)6-8/h8-9H,4-7H2,1-3H3;7-8H,4-6H2,1-3H3. The summed E-state index contributed by atoms with van der Waals surface area (Å²) in [5.74, 6) is 0.783. The van der Waals surface area contributed by atoms with E-state index in [1.54, 1.807) is 23.9 Å². The van der Waals surface area contributed by atoms with Gasteiger partial charge in [0, 0.05) is 51.2 Å². The highest BCUT2D eigenvalue weighted by atomic mass is 16.2. The van der Waals surface area contributed by atoms with Crippen LogP contribution in [-0.2, 0) is 19.2 Å². The average molecular weight is 381 g/mol. The molecule has 0 aromatic carbocycles. The van der Waals surface area contributed by atoms with Crippen LogP contribution in [0.15, 0.2) is 0 Å². The Balaban J connectivity index is 0.000000271. The summed E-state index contributed by atoms with van der Waals surface area (Å²) in [6.07, 6.45) is 4.40. The summed E-state index contributed by atoms with van der Waals surface area (Å²) >= 11 is 0. The van der Waals surface area contributed by atoms with E-state index < -0.39 is 0 Å². The Morgan fingerprint density at radius 2 is 1.67 bits per heavy atom. The maximum Gasteiger partial charge on any atom is 0.223 e. The lowest BCUT2D eigenvalue weighted by Crippen LogP contribution is -2.47. The zero-order chi connectivity index (χ0) is 20.7. The molecule has 0 aromatic rings. The normalized spacial score (nSPS) is 24.4. The number of hydrogen-bond donors (Lipinski definition) is 0. The van der Waals surface area contributed by atoms with Gasteiger partial charge in [-0.3, -0.25) is 19.2 Å². The minimum Gasteiger partial charge on any atom is -0.346 e. The van der Waals surface area contributed by atoms with Crippen LogP contribution in [0.2, 0.25) is 0 Å². The molecular formula is C21H36N2O4. The number of Topliss-reactive ketones (excluding diaryl/α,β-unsaturated/α-hetero) is 2. The highest BCUT2D eigenvalue weighted by Gasteiger charge is 2.32. The minimum absolute atomic E-state index is 0.0244. The molecule has 0 N–H and O–H groups in total. The molecular weight excluding hydrogens is 344 g/mol. The Morgan fingerprint density at radius 3 is 2.19 bits per heavy atom. The first-order valence-electron chi connectivity index (χ1n) is 10.2. The van der Waals surface area contributed by atoms with Gasteiger partial charge >= 0.3 is 0 Å². The number of amides is 2. The third-order valence-corrected chi connectivity index (χ3v) is 5.79. The van der Waals surface area contributed by atoms with Crippen molar-refractivity contribution < 1.29 is 19.2 Å². The van der Waals surface area contributed by atoms with Gasteiger partial charge in [0.1, 0.15) is 5.78 Å². The number of hydrogen-bond acceptors (Lipinski definition) is 4. The third-order valence-electron chi connectivity index (χ3n) is 5.79. The lowest BCUT2D eigenvalue weighted by molar-refractivity contribution is -0.142. The first-order chi connectivity index (χ1) is 12.6. The number of rotatable bonds is 5. The van der Waals surface area contributed by atoms with Gasteiger partial charge in [-0.25, -0.2) is 0 Å². The molecule has 2 amide bonds. The molecule has 2 aliphatic rings. The molecule has 2 saturated heterocycles. The van der Waals surface area contributed by atoms with Gasteiger partial charge in [-0.15, -0.1) is 0 Å². The first-order valence-corrected chi connectivity index (χ1v) is 10.2. The van der Waals surface area contributed by atoms with Crippen LogP contribution in [0.25, 0.3) is 0 Å². The van der Waals surface area contributed by atoms with Gasteiger partial charge in [0.2, 0.25) is 11.8 Å². The molecule has 3 unspecified atom stereocenters. The van der Waals surface area contributed by atoms with Gasteiger partial charge in [-0.05, 0) is 25.7 Å². The van der Waals surface area contributed by atoms with Crippen LogP contribution < -0.4 is 0 Å². The summed E-state index contributed by atoms with van der Waals surface area (Å²) in [4.78, 5) is 49.5. The maximum atomic E-state index is 11.9. The van der Waals surface area contributed by atoms with Crippen molar-refractivity contribution in [2.75, 3.05) is 20.6 Å². The summed E-state index contributed by atoms with van der Waals surface area (Å²) in [6, 6.07) is -0.161. The van der Waals surface area contributed by atoms with Crippen LogP contribution >= 0.6 is 0 Å². The predicted octanol–water partition coefficient (Wildman–Crippen LogP) is 2.69. The molecule has 0 aromatic heterocycles. The zero-order valence-corrected chi connectivity index (χ0v) is 17.8. The zero-order valence-electron chi connectivity index (χ0n) is 17.8. The number of likely N-dealkylation sites (tertiary alicyclic amines) is 2. The van der Waals surface area contributed by atoms with Crippen molar-refractivity contribution >= 4 is 23.4 Å². The fraction of sp³-hybridized carbons (Fsp3) is 0.810. The van der Waals surface area contributed by atoms with Crippen molar-refractivity contribution in [2.24, 2.45) is 17.8 Å². The summed E-state index contributed by atoms with van der Waals surface area (Å²) < 4.78 is 0. The van der Waals surface area contributed by atoms with Crippen molar-refractivity contribution in [1.29, 1.82) is 0 Å². The number of nitrogens with zero attached hydrogens (tertiary/aromatic N) is 2. The summed E-state index contributed by atoms with van der Waals surface area (Å²) in [6.45, 7) is 8.46. The summed E-state index contributed by atoms with van der Waals surface area (Å²) in [5.41, 5.74) is 0. The molecule has 2 aliphatic heterocycles. The van der Waals surface area contributed by atoms with Crippen molar-refractivity contribution in [2.45, 2.75) is 72.3 Å². The molecule has 27 heavy (non-hydrogen) atoms. The first kappa shape index (κ1) is 23.3. The van der Waals surface area contributed by atoms with Gasteiger partial charge in [0.05, 0.1) is 6.04 Å². The number of piperidine rings is 2. The van der Waals surface area contributed by atoms with E-state index in [0.29, 0.717) is 12.8 Å². The maximum absolute atomic E-state index is 11.9. The van der Waals surface area contributed by atoms with Crippen LogP contribution in [-0.4, -0.2) is 59.9 Å². The van der Waals surface area contributed by atoms with E-state index in [9.17, 15) is 19.2 Å². The van der Waals surface area contributed by atoms with E-state index in [-0.39, 0.29) is 47.2 Å². The van der Waals surface area contributed by atoms with Crippen LogP contribution in [0, 0.1) is 17.8 Å². The summed E-state index contributed by atoms with van der Waals surface area (Å²) in [5, 5.41) is 0. The molecule has 3 atom stereocenters. The van der Waals surface area contributed by atoms with Crippen molar-refractivity contribution in [3.05, 3.63) is 0 Å². The second-order valence-electron chi connectivity index (χ2n) is 8.19. The van der Waals surface area contributed by atoms with Crippen LogP contribution in [0.5, 0.6) is 0 Å². The molecule has 6 nitrogen and oxygen atoms in total. The van der Waals surface area contributed by atoms with E-state index in [2.05, 4.69) is 0 Å². The second-order valence-corrected chi connectivity index (χ2v) is 8.19. The Bertz CT molecular complexity index is 558. The molecule has 0 bridgehead atoms. The Morgan fingerprint density at radius 1 is 1.04 bits per heavy atom. The van der Waals surface area contributed by atoms with Gasteiger partial charge < -0.3 is 9.80 Å². The van der Waals surface area contributed by atoms with E-state index in [4.69, 9.17) is 0 Å². The number of carbonyl (C=O) groups is 4. The molecule has 2 rings (SSSR count). The molecule has 0 saturated carbocycles. The molecule has 0 aliphatic carbocycles. The van der Waals surface area contributed by atoms with Crippen LogP contribution in [0.4, 0.5) is 0 Å². The summed E-state index contributed by atoms with van der Waals surface area (Å²) in [7, 11) is 3.53. The molecule has 6 heteroatoms. The van der Waals surface area contributed by atoms with E-state index in [1.165, 1.54) is 0 Å². The fourth-order valence-corrected chi connectivity index (χ4v) is 3.51. The Kier molecular flexibility index (Phi) is 9.13. The predicted molar refractivity (Wildman–Crippen MR) is 105 cm³/mol. The Labute approximate surface area is 163 Å². The average Bonchev–Trinajstić information content (AvgIpc) is 2.64. The van der Waals surface area contributed by atoms with Crippen LogP contribution in [0.3, 0.4) is 0 Å². The van der Waals surface area contributed by atoms with Gasteiger partial charge in [-0.1, -0.05) is 27.7 Å². The van der Waals surface area contributed by atoms with Crippen molar-refractivity contribution in [3.63, 3.8) is 0 Å². The SMILES string of the molecule is CC(C)C(=O)C1CCN(C)C(=O)C1.CCC(C)C(=O)C1CCCC(=O)N1C. The molecule has 0 spiro atoms. The molecule has 154 valence electrons. The van der Waals surface area contributed by atoms with Crippen LogP contribution in [0.1, 0.15) is 66.2 Å². The highest BCUT2D eigenvalue weighted by Crippen LogP contribution is 2.21. The number of carbonyl (C=O) groups excluding carboxylic acids is 4. The van der Waals surface area contributed by atoms with E-state index in [0.717, 1.165) is 32.2 Å². The quantitative estimate of drug-likeness (QED) is 0.735. The lowest BCUT2D eigenvalue weighted by atomic mass is 9.87. The monoisotopic (exact) mass is 380 g/mol. The Hall–Kier alpha value is -1.72. The molecule has 2 fully saturated rings. The number of likely N-dealkylation sites (N-methyl/N-ethyl adjacent to an activating group) is 1. The van der Waals surface area contributed by atoms with Gasteiger partial charge in [-0.2, -0.15) is 0 Å². The topological polar surface area (TPSA) is 74.8 Å². The smallest absolute Gasteiger partial charge is 0.223 e. The molecule has 2 heterocycles. The van der Waals surface area contributed by atoms with E-state index >= 15 is 0 Å². The second kappa shape index (κ2) is 10.6. The van der Waals surface area contributed by atoms with Crippen molar-refractivity contribution in [1.82, 2.24) is 9.80 Å². The fourth-order valence-electron chi connectivity index (χ4n) is 3.51. The van der Waals surface area contributed by atoms with Gasteiger partial charge in [0.15, 0.2) is 5.78 Å². The van der Waals surface area contributed by atoms with E-state index in [1.807, 2.05) is 27.7 Å². The third kappa shape index (κ3) is 6.43. The lowest BCUT2D eigenvalue weighted by Gasteiger charge is -2.32. The number of ketones is 2. The highest BCUT2D eigenvalue weighted by molar-refractivity contribution is 5.91. The van der Waals surface area contributed by atoms with Gasteiger partial charge in [0.25, 0.3) is 0 Å².